The predicted octanol–water partition coefficient (Wildman–Crippen LogP) is 5.55. The van der Waals surface area contributed by atoms with Crippen LogP contribution in [0.5, 0.6) is 5.75 Å². The molecule has 0 aliphatic rings. The highest BCUT2D eigenvalue weighted by atomic mass is 31.1. The van der Waals surface area contributed by atoms with Gasteiger partial charge in [0.25, 0.3) is 0 Å². The Morgan fingerprint density at radius 1 is 0.931 bits per heavy atom. The molecule has 0 spiro atoms. The van der Waals surface area contributed by atoms with E-state index < -0.39 is 6.10 Å². The zero-order valence-corrected chi connectivity index (χ0v) is 19.0. The molecule has 0 fully saturated rings. The summed E-state index contributed by atoms with van der Waals surface area (Å²) in [4.78, 5) is 0. The van der Waals surface area contributed by atoms with Gasteiger partial charge < -0.3 is 9.84 Å². The normalized spacial score (nSPS) is 13.0. The molecule has 1 N–H and O–H groups in total. The molecule has 0 heterocycles. The van der Waals surface area contributed by atoms with Crippen LogP contribution in [0.15, 0.2) is 66.7 Å². The van der Waals surface area contributed by atoms with Crippen molar-refractivity contribution in [1.29, 1.82) is 0 Å². The second-order valence-electron chi connectivity index (χ2n) is 8.58. The van der Waals surface area contributed by atoms with Crippen molar-refractivity contribution in [1.82, 2.24) is 0 Å². The number of rotatable bonds is 6. The van der Waals surface area contributed by atoms with Crippen LogP contribution in [0.2, 0.25) is 0 Å². The molecule has 2 atom stereocenters. The SMILES string of the molecule is Cc1cc(C(C)(C)C)cc(Pc2ccccc2C(C)O)c1OCc1ccccc1. The number of aliphatic hydroxyl groups is 1. The number of aryl methyl sites for hydroxylation is 1. The van der Waals surface area contributed by atoms with E-state index in [4.69, 9.17) is 4.74 Å². The van der Waals surface area contributed by atoms with Crippen molar-refractivity contribution in [3.63, 3.8) is 0 Å². The summed E-state index contributed by atoms with van der Waals surface area (Å²) in [5, 5.41) is 12.6. The molecule has 0 aromatic heterocycles. The molecule has 0 amide bonds. The minimum absolute atomic E-state index is 0.0612. The molecule has 29 heavy (non-hydrogen) atoms. The monoisotopic (exact) mass is 406 g/mol. The first-order chi connectivity index (χ1) is 13.8. The average molecular weight is 407 g/mol. The second-order valence-corrected chi connectivity index (χ2v) is 9.91. The van der Waals surface area contributed by atoms with E-state index in [1.54, 1.807) is 0 Å². The fourth-order valence-corrected chi connectivity index (χ4v) is 4.86. The Morgan fingerprint density at radius 2 is 1.59 bits per heavy atom. The lowest BCUT2D eigenvalue weighted by Crippen LogP contribution is -2.19. The molecule has 2 nitrogen and oxygen atoms in total. The van der Waals surface area contributed by atoms with Crippen molar-refractivity contribution in [2.45, 2.75) is 52.7 Å². The van der Waals surface area contributed by atoms with Crippen molar-refractivity contribution in [3.05, 3.63) is 89.0 Å². The highest BCUT2D eigenvalue weighted by molar-refractivity contribution is 7.55. The van der Waals surface area contributed by atoms with Gasteiger partial charge in [-0.3, -0.25) is 0 Å². The number of hydrogen-bond acceptors (Lipinski definition) is 2. The van der Waals surface area contributed by atoms with Gasteiger partial charge in [-0.2, -0.15) is 0 Å². The average Bonchev–Trinajstić information content (AvgIpc) is 2.67. The van der Waals surface area contributed by atoms with Crippen molar-refractivity contribution in [2.75, 3.05) is 0 Å². The molecule has 0 bridgehead atoms. The zero-order chi connectivity index (χ0) is 21.0. The van der Waals surface area contributed by atoms with E-state index in [9.17, 15) is 5.11 Å². The van der Waals surface area contributed by atoms with Crippen molar-refractivity contribution in [2.24, 2.45) is 0 Å². The second kappa shape index (κ2) is 9.11. The summed E-state index contributed by atoms with van der Waals surface area (Å²) in [5.41, 5.74) is 4.67. The van der Waals surface area contributed by atoms with Gasteiger partial charge in [0, 0.05) is 5.30 Å². The van der Waals surface area contributed by atoms with Crippen LogP contribution >= 0.6 is 8.58 Å². The molecular formula is C26H31O2P. The largest absolute Gasteiger partial charge is 0.488 e. The van der Waals surface area contributed by atoms with Gasteiger partial charge in [0.2, 0.25) is 0 Å². The van der Waals surface area contributed by atoms with E-state index in [0.717, 1.165) is 27.7 Å². The fraction of sp³-hybridized carbons (Fsp3) is 0.308. The number of aliphatic hydroxyl groups excluding tert-OH is 1. The number of hydrogen-bond donors (Lipinski definition) is 1. The standard InChI is InChI=1S/C26H31O2P/c1-18-15-21(26(3,4)5)16-24(25(18)28-17-20-11-7-6-8-12-20)29-23-14-10-9-13-22(23)19(2)27/h6-16,19,27,29H,17H2,1-5H3. The summed E-state index contributed by atoms with van der Waals surface area (Å²) in [6, 6.07) is 22.9. The predicted molar refractivity (Wildman–Crippen MR) is 125 cm³/mol. The molecule has 3 aromatic rings. The first kappa shape index (κ1) is 21.6. The molecule has 2 unspecified atom stereocenters. The van der Waals surface area contributed by atoms with Crippen LogP contribution in [0.3, 0.4) is 0 Å². The number of benzene rings is 3. The molecule has 0 saturated heterocycles. The van der Waals surface area contributed by atoms with Gasteiger partial charge in [-0.25, -0.2) is 0 Å². The summed E-state index contributed by atoms with van der Waals surface area (Å²) >= 11 is 0. The van der Waals surface area contributed by atoms with Gasteiger partial charge in [-0.15, -0.1) is 0 Å². The Kier molecular flexibility index (Phi) is 6.77. The van der Waals surface area contributed by atoms with E-state index in [0.29, 0.717) is 15.2 Å². The highest BCUT2D eigenvalue weighted by Gasteiger charge is 2.20. The maximum Gasteiger partial charge on any atom is 0.130 e. The molecule has 3 aromatic carbocycles. The third-order valence-corrected chi connectivity index (χ3v) is 6.41. The lowest BCUT2D eigenvalue weighted by Gasteiger charge is -2.24. The Hall–Kier alpha value is -2.15. The number of ether oxygens (including phenoxy) is 1. The molecule has 3 heteroatoms. The Bertz CT molecular complexity index is 956. The third-order valence-electron chi connectivity index (χ3n) is 5.05. The van der Waals surface area contributed by atoms with Crippen LogP contribution in [0.25, 0.3) is 0 Å². The third kappa shape index (κ3) is 5.47. The molecule has 0 aliphatic heterocycles. The van der Waals surface area contributed by atoms with Crippen LogP contribution in [0, 0.1) is 6.92 Å². The Labute approximate surface area is 176 Å². The summed E-state index contributed by atoms with van der Waals surface area (Å²) in [6.07, 6.45) is -0.487. The smallest absolute Gasteiger partial charge is 0.130 e. The Morgan fingerprint density at radius 3 is 2.24 bits per heavy atom. The molecule has 152 valence electrons. The van der Waals surface area contributed by atoms with Crippen molar-refractivity contribution < 1.29 is 9.84 Å². The van der Waals surface area contributed by atoms with Crippen molar-refractivity contribution in [3.8, 4) is 5.75 Å². The minimum Gasteiger partial charge on any atom is -0.488 e. The maximum atomic E-state index is 10.2. The minimum atomic E-state index is -0.487. The van der Waals surface area contributed by atoms with Crippen LogP contribution in [0.1, 0.15) is 56.1 Å². The molecule has 0 saturated carbocycles. The summed E-state index contributed by atoms with van der Waals surface area (Å²) in [6.45, 7) is 11.2. The van der Waals surface area contributed by atoms with Gasteiger partial charge in [0.1, 0.15) is 12.4 Å². The van der Waals surface area contributed by atoms with Gasteiger partial charge in [0.05, 0.1) is 6.10 Å². The highest BCUT2D eigenvalue weighted by Crippen LogP contribution is 2.32. The van der Waals surface area contributed by atoms with E-state index in [1.807, 2.05) is 43.3 Å². The van der Waals surface area contributed by atoms with Crippen LogP contribution in [-0.4, -0.2) is 5.11 Å². The molecule has 0 aliphatic carbocycles. The summed E-state index contributed by atoms with van der Waals surface area (Å²) in [5.74, 6) is 0.959. The van der Waals surface area contributed by atoms with Crippen LogP contribution in [-0.2, 0) is 12.0 Å². The zero-order valence-electron chi connectivity index (χ0n) is 18.0. The van der Waals surface area contributed by atoms with Gasteiger partial charge >= 0.3 is 0 Å². The van der Waals surface area contributed by atoms with Crippen molar-refractivity contribution >= 4 is 19.2 Å². The van der Waals surface area contributed by atoms with E-state index in [1.165, 1.54) is 10.9 Å². The van der Waals surface area contributed by atoms with E-state index in [-0.39, 0.29) is 5.41 Å². The fourth-order valence-electron chi connectivity index (χ4n) is 3.34. The lowest BCUT2D eigenvalue weighted by molar-refractivity contribution is 0.200. The van der Waals surface area contributed by atoms with Crippen LogP contribution < -0.4 is 15.3 Å². The van der Waals surface area contributed by atoms with E-state index in [2.05, 4.69) is 58.0 Å². The van der Waals surface area contributed by atoms with Gasteiger partial charge in [-0.1, -0.05) is 90.0 Å². The molecular weight excluding hydrogens is 375 g/mol. The van der Waals surface area contributed by atoms with Gasteiger partial charge in [-0.05, 0) is 52.9 Å². The quantitative estimate of drug-likeness (QED) is 0.544. The Balaban J connectivity index is 2.01. The molecule has 0 radical (unpaired) electrons. The summed E-state index contributed by atoms with van der Waals surface area (Å²) < 4.78 is 6.34. The van der Waals surface area contributed by atoms with Gasteiger partial charge in [0.15, 0.2) is 0 Å². The topological polar surface area (TPSA) is 29.5 Å². The van der Waals surface area contributed by atoms with E-state index >= 15 is 0 Å². The first-order valence-electron chi connectivity index (χ1n) is 10.1. The first-order valence-corrected chi connectivity index (χ1v) is 11.1. The lowest BCUT2D eigenvalue weighted by atomic mass is 9.86. The maximum absolute atomic E-state index is 10.2. The van der Waals surface area contributed by atoms with Crippen LogP contribution in [0.4, 0.5) is 0 Å². The summed E-state index contributed by atoms with van der Waals surface area (Å²) in [7, 11) is 0.422. The molecule has 3 rings (SSSR count).